The van der Waals surface area contributed by atoms with Crippen molar-refractivity contribution in [2.24, 2.45) is 4.99 Å². The van der Waals surface area contributed by atoms with Gasteiger partial charge in [-0.3, -0.25) is 4.99 Å². The molecule has 8 nitrogen and oxygen atoms in total. The average Bonchev–Trinajstić information content (AvgIpc) is 3.02. The van der Waals surface area contributed by atoms with Gasteiger partial charge in [0.05, 0.1) is 12.7 Å². The third-order valence-electron chi connectivity index (χ3n) is 3.80. The molecule has 0 spiro atoms. The van der Waals surface area contributed by atoms with E-state index in [1.54, 1.807) is 13.2 Å². The highest BCUT2D eigenvalue weighted by Gasteiger charge is 2.20. The second kappa shape index (κ2) is 10.3. The van der Waals surface area contributed by atoms with Crippen molar-refractivity contribution in [3.05, 3.63) is 17.8 Å². The van der Waals surface area contributed by atoms with Gasteiger partial charge in [0.25, 0.3) is 0 Å². The van der Waals surface area contributed by atoms with E-state index in [9.17, 15) is 4.79 Å². The Morgan fingerprint density at radius 1 is 1.25 bits per heavy atom. The number of rotatable bonds is 7. The topological polar surface area (TPSA) is 101 Å². The predicted octanol–water partition coefficient (Wildman–Crippen LogP) is 3.33. The zero-order valence-electron chi connectivity index (χ0n) is 18.6. The fourth-order valence-corrected chi connectivity index (χ4v) is 2.39. The van der Waals surface area contributed by atoms with Crippen LogP contribution < -0.4 is 16.0 Å². The summed E-state index contributed by atoms with van der Waals surface area (Å²) in [6.07, 6.45) is 3.12. The normalized spacial score (nSPS) is 13.8. The molecule has 1 aromatic heterocycles. The number of carbonyl (C=O) groups excluding carboxylic acids is 1. The van der Waals surface area contributed by atoms with Gasteiger partial charge in [-0.15, -0.1) is 0 Å². The summed E-state index contributed by atoms with van der Waals surface area (Å²) in [7, 11) is 1.70. The number of hydrogen-bond donors (Lipinski definition) is 3. The lowest BCUT2D eigenvalue weighted by molar-refractivity contribution is 0.0502. The summed E-state index contributed by atoms with van der Waals surface area (Å²) in [6.45, 7) is 14.8. The van der Waals surface area contributed by atoms with E-state index in [1.807, 2.05) is 20.8 Å². The maximum Gasteiger partial charge on any atom is 0.407 e. The maximum atomic E-state index is 12.0. The van der Waals surface area contributed by atoms with Crippen LogP contribution >= 0.6 is 0 Å². The second-order valence-corrected chi connectivity index (χ2v) is 8.81. The van der Waals surface area contributed by atoms with Crippen molar-refractivity contribution in [2.45, 2.75) is 84.9 Å². The SMILES string of the molecule is CCCC(CNC(=NC)NCc1ncc(C(C)(C)C)o1)NC(=O)OC(C)(C)C. The zero-order valence-corrected chi connectivity index (χ0v) is 18.6. The van der Waals surface area contributed by atoms with Crippen LogP contribution in [0.15, 0.2) is 15.6 Å². The van der Waals surface area contributed by atoms with Crippen LogP contribution in [0, 0.1) is 0 Å². The molecular weight excluding hydrogens is 358 g/mol. The number of hydrogen-bond acceptors (Lipinski definition) is 5. The first kappa shape index (κ1) is 23.8. The molecule has 0 aliphatic heterocycles. The summed E-state index contributed by atoms with van der Waals surface area (Å²) in [5.74, 6) is 2.06. The van der Waals surface area contributed by atoms with Crippen molar-refractivity contribution in [2.75, 3.05) is 13.6 Å². The van der Waals surface area contributed by atoms with Crippen molar-refractivity contribution >= 4 is 12.1 Å². The number of amides is 1. The van der Waals surface area contributed by atoms with Gasteiger partial charge in [0, 0.05) is 25.0 Å². The van der Waals surface area contributed by atoms with Crippen LogP contribution in [0.5, 0.6) is 0 Å². The molecule has 1 rings (SSSR count). The number of nitrogens with one attached hydrogen (secondary N) is 3. The van der Waals surface area contributed by atoms with Crippen LogP contribution in [0.3, 0.4) is 0 Å². The lowest BCUT2D eigenvalue weighted by atomic mass is 9.94. The first-order valence-corrected chi connectivity index (χ1v) is 9.83. The third-order valence-corrected chi connectivity index (χ3v) is 3.80. The molecule has 0 bridgehead atoms. The van der Waals surface area contributed by atoms with Gasteiger partial charge >= 0.3 is 6.09 Å². The van der Waals surface area contributed by atoms with E-state index in [1.165, 1.54) is 0 Å². The van der Waals surface area contributed by atoms with Crippen molar-refractivity contribution in [1.29, 1.82) is 0 Å². The summed E-state index contributed by atoms with van der Waals surface area (Å²) < 4.78 is 11.1. The summed E-state index contributed by atoms with van der Waals surface area (Å²) in [5, 5.41) is 9.32. The molecule has 0 aliphatic rings. The molecule has 160 valence electrons. The minimum Gasteiger partial charge on any atom is -0.444 e. The van der Waals surface area contributed by atoms with Gasteiger partial charge in [0.2, 0.25) is 5.89 Å². The molecule has 3 N–H and O–H groups in total. The Labute approximate surface area is 168 Å². The maximum absolute atomic E-state index is 12.0. The molecule has 28 heavy (non-hydrogen) atoms. The standard InChI is InChI=1S/C20H37N5O3/c1-9-10-14(25-18(26)28-20(5,6)7)11-23-17(21-8)24-13-16-22-12-15(27-16)19(2,3)4/h12,14H,9-11,13H2,1-8H3,(H,25,26)(H2,21,23,24). The summed E-state index contributed by atoms with van der Waals surface area (Å²) >= 11 is 0. The van der Waals surface area contributed by atoms with E-state index >= 15 is 0 Å². The molecule has 0 aromatic carbocycles. The number of oxazole rings is 1. The molecule has 0 aliphatic carbocycles. The largest absolute Gasteiger partial charge is 0.444 e. The number of ether oxygens (including phenoxy) is 1. The first-order chi connectivity index (χ1) is 12.9. The smallest absolute Gasteiger partial charge is 0.407 e. The number of nitrogens with zero attached hydrogens (tertiary/aromatic N) is 2. The lowest BCUT2D eigenvalue weighted by Gasteiger charge is -2.24. The number of aromatic nitrogens is 1. The molecule has 0 saturated carbocycles. The minimum atomic E-state index is -0.520. The number of alkyl carbamates (subject to hydrolysis) is 1. The Balaban J connectivity index is 2.53. The van der Waals surface area contributed by atoms with Crippen molar-refractivity contribution in [3.8, 4) is 0 Å². The number of aliphatic imine (C=N–C) groups is 1. The van der Waals surface area contributed by atoms with Gasteiger partial charge in [-0.05, 0) is 27.2 Å². The van der Waals surface area contributed by atoms with E-state index in [-0.39, 0.29) is 11.5 Å². The fourth-order valence-electron chi connectivity index (χ4n) is 2.39. The van der Waals surface area contributed by atoms with Crippen LogP contribution in [-0.2, 0) is 16.7 Å². The molecule has 8 heteroatoms. The Hall–Kier alpha value is -2.25. The van der Waals surface area contributed by atoms with E-state index in [4.69, 9.17) is 9.15 Å². The van der Waals surface area contributed by atoms with Gasteiger partial charge in [-0.1, -0.05) is 34.1 Å². The highest BCUT2D eigenvalue weighted by molar-refractivity contribution is 5.79. The molecule has 1 aromatic rings. The third kappa shape index (κ3) is 9.10. The molecule has 1 amide bonds. The Morgan fingerprint density at radius 2 is 1.93 bits per heavy atom. The highest BCUT2D eigenvalue weighted by Crippen LogP contribution is 2.22. The van der Waals surface area contributed by atoms with Crippen molar-refractivity contribution in [3.63, 3.8) is 0 Å². The summed E-state index contributed by atoms with van der Waals surface area (Å²) in [5.41, 5.74) is -0.598. The Bertz CT molecular complexity index is 641. The Morgan fingerprint density at radius 3 is 2.43 bits per heavy atom. The van der Waals surface area contributed by atoms with E-state index < -0.39 is 11.7 Å². The van der Waals surface area contributed by atoms with Gasteiger partial charge < -0.3 is 25.1 Å². The van der Waals surface area contributed by atoms with Crippen LogP contribution in [0.25, 0.3) is 0 Å². The number of guanidine groups is 1. The monoisotopic (exact) mass is 395 g/mol. The average molecular weight is 396 g/mol. The van der Waals surface area contributed by atoms with E-state index in [2.05, 4.69) is 53.6 Å². The van der Waals surface area contributed by atoms with Crippen LogP contribution in [0.1, 0.15) is 73.0 Å². The van der Waals surface area contributed by atoms with Crippen molar-refractivity contribution < 1.29 is 13.9 Å². The molecule has 1 atom stereocenters. The van der Waals surface area contributed by atoms with E-state index in [0.29, 0.717) is 24.9 Å². The molecule has 0 fully saturated rings. The minimum absolute atomic E-state index is 0.0624. The highest BCUT2D eigenvalue weighted by atomic mass is 16.6. The first-order valence-electron chi connectivity index (χ1n) is 9.83. The van der Waals surface area contributed by atoms with E-state index in [0.717, 1.165) is 18.6 Å². The Kier molecular flexibility index (Phi) is 8.78. The quantitative estimate of drug-likeness (QED) is 0.484. The van der Waals surface area contributed by atoms with Gasteiger partial charge in [-0.2, -0.15) is 0 Å². The molecule has 0 radical (unpaired) electrons. The van der Waals surface area contributed by atoms with Crippen LogP contribution in [0.2, 0.25) is 0 Å². The zero-order chi connectivity index (χ0) is 21.4. The van der Waals surface area contributed by atoms with Gasteiger partial charge in [-0.25, -0.2) is 9.78 Å². The van der Waals surface area contributed by atoms with Crippen LogP contribution in [0.4, 0.5) is 4.79 Å². The molecular formula is C20H37N5O3. The second-order valence-electron chi connectivity index (χ2n) is 8.81. The molecule has 1 heterocycles. The summed E-state index contributed by atoms with van der Waals surface area (Å²) in [4.78, 5) is 20.5. The van der Waals surface area contributed by atoms with Crippen LogP contribution in [-0.4, -0.2) is 42.3 Å². The lowest BCUT2D eigenvalue weighted by Crippen LogP contribution is -2.48. The van der Waals surface area contributed by atoms with Gasteiger partial charge in [0.15, 0.2) is 5.96 Å². The molecule has 1 unspecified atom stereocenters. The van der Waals surface area contributed by atoms with Crippen molar-refractivity contribution in [1.82, 2.24) is 20.9 Å². The summed E-state index contributed by atoms with van der Waals surface area (Å²) in [6, 6.07) is -0.0624. The molecule has 0 saturated heterocycles. The number of carbonyl (C=O) groups is 1. The fraction of sp³-hybridized carbons (Fsp3) is 0.750. The van der Waals surface area contributed by atoms with Gasteiger partial charge in [0.1, 0.15) is 11.4 Å². The predicted molar refractivity (Wildman–Crippen MR) is 111 cm³/mol.